The third kappa shape index (κ3) is 8.58. The van der Waals surface area contributed by atoms with E-state index in [1.165, 1.54) is 19.3 Å². The van der Waals surface area contributed by atoms with E-state index < -0.39 is 0 Å². The van der Waals surface area contributed by atoms with Gasteiger partial charge in [0.1, 0.15) is 0 Å². The van der Waals surface area contributed by atoms with Gasteiger partial charge in [-0.25, -0.2) is 0 Å². The van der Waals surface area contributed by atoms with Crippen LogP contribution in [-0.2, 0) is 9.47 Å². The van der Waals surface area contributed by atoms with E-state index in [9.17, 15) is 0 Å². The Labute approximate surface area is 106 Å². The molecule has 3 heteroatoms. The summed E-state index contributed by atoms with van der Waals surface area (Å²) in [5, 5.41) is 3.49. The van der Waals surface area contributed by atoms with Gasteiger partial charge in [0.2, 0.25) is 0 Å². The molecule has 0 radical (unpaired) electrons. The lowest BCUT2D eigenvalue weighted by Gasteiger charge is -2.22. The number of nitrogens with one attached hydrogen (secondary N) is 1. The van der Waals surface area contributed by atoms with Crippen LogP contribution in [0.2, 0.25) is 0 Å². The first kappa shape index (κ1) is 14.9. The fourth-order valence-electron chi connectivity index (χ4n) is 1.96. The number of unbranched alkanes of at least 4 members (excludes halogenated alkanes) is 1. The Hall–Kier alpha value is -0.120. The monoisotopic (exact) mass is 243 g/mol. The molecule has 1 fully saturated rings. The minimum absolute atomic E-state index is 0.239. The van der Waals surface area contributed by atoms with E-state index in [1.54, 1.807) is 0 Å². The standard InChI is InChI=1S/C14H29NO2/c1-14(2,3)15-8-4-5-9-17-12-13-6-10-16-11-7-13/h13,15H,4-12H2,1-3H3. The Kier molecular flexibility index (Phi) is 7.09. The van der Waals surface area contributed by atoms with Crippen molar-refractivity contribution >= 4 is 0 Å². The molecule has 0 spiro atoms. The zero-order chi connectivity index (χ0) is 12.6. The van der Waals surface area contributed by atoms with Crippen LogP contribution >= 0.6 is 0 Å². The minimum atomic E-state index is 0.239. The first-order valence-corrected chi connectivity index (χ1v) is 6.98. The minimum Gasteiger partial charge on any atom is -0.381 e. The first-order chi connectivity index (χ1) is 8.08. The molecule has 1 N–H and O–H groups in total. The Bertz CT molecular complexity index is 183. The van der Waals surface area contributed by atoms with E-state index in [4.69, 9.17) is 9.47 Å². The van der Waals surface area contributed by atoms with Crippen molar-refractivity contribution in [3.8, 4) is 0 Å². The zero-order valence-corrected chi connectivity index (χ0v) is 11.8. The Morgan fingerprint density at radius 2 is 1.88 bits per heavy atom. The van der Waals surface area contributed by atoms with Crippen LogP contribution in [0, 0.1) is 5.92 Å². The van der Waals surface area contributed by atoms with Gasteiger partial charge in [-0.3, -0.25) is 0 Å². The average molecular weight is 243 g/mol. The van der Waals surface area contributed by atoms with E-state index >= 15 is 0 Å². The second-order valence-corrected chi connectivity index (χ2v) is 6.01. The van der Waals surface area contributed by atoms with Crippen LogP contribution in [-0.4, -0.2) is 38.5 Å². The smallest absolute Gasteiger partial charge is 0.0495 e. The molecule has 0 aliphatic carbocycles. The summed E-state index contributed by atoms with van der Waals surface area (Å²) in [4.78, 5) is 0. The molecule has 1 rings (SSSR count). The van der Waals surface area contributed by atoms with Crippen molar-refractivity contribution in [3.63, 3.8) is 0 Å². The van der Waals surface area contributed by atoms with Crippen molar-refractivity contribution < 1.29 is 9.47 Å². The van der Waals surface area contributed by atoms with Gasteiger partial charge in [-0.1, -0.05) is 0 Å². The second-order valence-electron chi connectivity index (χ2n) is 6.01. The molecule has 0 aromatic heterocycles. The summed E-state index contributed by atoms with van der Waals surface area (Å²) < 4.78 is 11.0. The molecule has 0 saturated carbocycles. The van der Waals surface area contributed by atoms with Gasteiger partial charge in [0, 0.05) is 32.0 Å². The fraction of sp³-hybridized carbons (Fsp3) is 1.00. The molecule has 0 atom stereocenters. The van der Waals surface area contributed by atoms with Crippen LogP contribution in [0.5, 0.6) is 0 Å². The number of hydrogen-bond donors (Lipinski definition) is 1. The van der Waals surface area contributed by atoms with Crippen molar-refractivity contribution in [2.24, 2.45) is 5.92 Å². The van der Waals surface area contributed by atoms with Gasteiger partial charge >= 0.3 is 0 Å². The Morgan fingerprint density at radius 3 is 2.53 bits per heavy atom. The predicted molar refractivity (Wildman–Crippen MR) is 71.4 cm³/mol. The van der Waals surface area contributed by atoms with Crippen molar-refractivity contribution in [2.45, 2.75) is 52.0 Å². The molecule has 0 bridgehead atoms. The molecule has 3 nitrogen and oxygen atoms in total. The van der Waals surface area contributed by atoms with Crippen molar-refractivity contribution in [2.75, 3.05) is 33.0 Å². The normalized spacial score (nSPS) is 18.5. The Morgan fingerprint density at radius 1 is 1.18 bits per heavy atom. The van der Waals surface area contributed by atoms with Gasteiger partial charge < -0.3 is 14.8 Å². The van der Waals surface area contributed by atoms with E-state index in [1.807, 2.05) is 0 Å². The lowest BCUT2D eigenvalue weighted by Crippen LogP contribution is -2.36. The SMILES string of the molecule is CC(C)(C)NCCCCOCC1CCOCC1. The van der Waals surface area contributed by atoms with Crippen LogP contribution in [0.15, 0.2) is 0 Å². The molecular formula is C14H29NO2. The highest BCUT2D eigenvalue weighted by atomic mass is 16.5. The van der Waals surface area contributed by atoms with Gasteiger partial charge in [-0.15, -0.1) is 0 Å². The summed E-state index contributed by atoms with van der Waals surface area (Å²) in [5.74, 6) is 0.733. The maximum atomic E-state index is 5.72. The van der Waals surface area contributed by atoms with Crippen molar-refractivity contribution in [1.82, 2.24) is 5.32 Å². The Balaban J connectivity index is 1.84. The fourth-order valence-corrected chi connectivity index (χ4v) is 1.96. The largest absolute Gasteiger partial charge is 0.381 e. The molecule has 1 aliphatic rings. The summed E-state index contributed by atoms with van der Waals surface area (Å²) >= 11 is 0. The van der Waals surface area contributed by atoms with E-state index in [0.717, 1.165) is 45.3 Å². The molecule has 1 aliphatic heterocycles. The van der Waals surface area contributed by atoms with E-state index in [-0.39, 0.29) is 5.54 Å². The third-order valence-corrected chi connectivity index (χ3v) is 3.07. The highest BCUT2D eigenvalue weighted by Gasteiger charge is 2.13. The quantitative estimate of drug-likeness (QED) is 0.697. The average Bonchev–Trinajstić information content (AvgIpc) is 2.28. The topological polar surface area (TPSA) is 30.5 Å². The van der Waals surface area contributed by atoms with Crippen molar-refractivity contribution in [1.29, 1.82) is 0 Å². The number of ether oxygens (including phenoxy) is 2. The molecule has 0 unspecified atom stereocenters. The third-order valence-electron chi connectivity index (χ3n) is 3.07. The lowest BCUT2D eigenvalue weighted by atomic mass is 10.0. The first-order valence-electron chi connectivity index (χ1n) is 6.98. The lowest BCUT2D eigenvalue weighted by molar-refractivity contribution is 0.0198. The molecule has 1 saturated heterocycles. The van der Waals surface area contributed by atoms with Gasteiger partial charge in [0.15, 0.2) is 0 Å². The highest BCUT2D eigenvalue weighted by molar-refractivity contribution is 4.69. The number of rotatable bonds is 7. The van der Waals surface area contributed by atoms with E-state index in [2.05, 4.69) is 26.1 Å². The van der Waals surface area contributed by atoms with Gasteiger partial charge in [-0.2, -0.15) is 0 Å². The molecule has 1 heterocycles. The molecule has 0 amide bonds. The zero-order valence-electron chi connectivity index (χ0n) is 11.8. The van der Waals surface area contributed by atoms with Gasteiger partial charge in [0.25, 0.3) is 0 Å². The summed E-state index contributed by atoms with van der Waals surface area (Å²) in [6.07, 6.45) is 4.70. The molecule has 17 heavy (non-hydrogen) atoms. The van der Waals surface area contributed by atoms with Crippen LogP contribution in [0.4, 0.5) is 0 Å². The molecule has 0 aromatic carbocycles. The molecule has 102 valence electrons. The van der Waals surface area contributed by atoms with Crippen LogP contribution in [0.25, 0.3) is 0 Å². The number of hydrogen-bond acceptors (Lipinski definition) is 3. The maximum absolute atomic E-state index is 5.72. The molecular weight excluding hydrogens is 214 g/mol. The second kappa shape index (κ2) is 8.06. The summed E-state index contributed by atoms with van der Waals surface area (Å²) in [5.41, 5.74) is 0.239. The van der Waals surface area contributed by atoms with Crippen LogP contribution in [0.1, 0.15) is 46.5 Å². The van der Waals surface area contributed by atoms with Crippen LogP contribution in [0.3, 0.4) is 0 Å². The predicted octanol–water partition coefficient (Wildman–Crippen LogP) is 2.60. The van der Waals surface area contributed by atoms with Crippen LogP contribution < -0.4 is 5.32 Å². The van der Waals surface area contributed by atoms with Gasteiger partial charge in [0.05, 0.1) is 0 Å². The van der Waals surface area contributed by atoms with Crippen molar-refractivity contribution in [3.05, 3.63) is 0 Å². The summed E-state index contributed by atoms with van der Waals surface area (Å²) in [6.45, 7) is 11.4. The molecule has 0 aromatic rings. The summed E-state index contributed by atoms with van der Waals surface area (Å²) in [7, 11) is 0. The summed E-state index contributed by atoms with van der Waals surface area (Å²) in [6, 6.07) is 0. The van der Waals surface area contributed by atoms with E-state index in [0.29, 0.717) is 0 Å². The maximum Gasteiger partial charge on any atom is 0.0495 e. The highest BCUT2D eigenvalue weighted by Crippen LogP contribution is 2.14. The van der Waals surface area contributed by atoms with Gasteiger partial charge in [-0.05, 0) is 58.9 Å².